The molecule has 1 saturated heterocycles. The first-order chi connectivity index (χ1) is 9.00. The molecule has 1 aliphatic rings. The Bertz CT molecular complexity index is 465. The van der Waals surface area contributed by atoms with Crippen LogP contribution >= 0.6 is 23.4 Å². The summed E-state index contributed by atoms with van der Waals surface area (Å²) >= 11 is 7.95. The van der Waals surface area contributed by atoms with Gasteiger partial charge in [0.1, 0.15) is 0 Å². The summed E-state index contributed by atoms with van der Waals surface area (Å²) in [6, 6.07) is 7.57. The van der Waals surface area contributed by atoms with Gasteiger partial charge < -0.3 is 0 Å². The SMILES string of the molecule is CC1SCCN(C(C)C(=O)c2cccc(Cl)c2)C1C. The normalized spacial score (nSPS) is 26.1. The fourth-order valence-corrected chi connectivity index (χ4v) is 3.85. The minimum atomic E-state index is -0.0863. The maximum Gasteiger partial charge on any atom is 0.179 e. The lowest BCUT2D eigenvalue weighted by Crippen LogP contribution is -2.51. The first kappa shape index (κ1) is 14.9. The third-order valence-corrected chi connectivity index (χ3v) is 5.49. The van der Waals surface area contributed by atoms with Gasteiger partial charge in [-0.15, -0.1) is 0 Å². The highest BCUT2D eigenvalue weighted by molar-refractivity contribution is 8.00. The molecular formula is C15H20ClNOS. The molecule has 1 aromatic rings. The quantitative estimate of drug-likeness (QED) is 0.793. The number of hydrogen-bond acceptors (Lipinski definition) is 3. The predicted molar refractivity (Wildman–Crippen MR) is 83.3 cm³/mol. The zero-order chi connectivity index (χ0) is 14.0. The lowest BCUT2D eigenvalue weighted by molar-refractivity contribution is 0.0781. The van der Waals surface area contributed by atoms with Gasteiger partial charge in [0.25, 0.3) is 0 Å². The number of Topliss-reactive ketones (excluding diaryl/α,β-unsaturated/α-hetero) is 1. The van der Waals surface area contributed by atoms with Crippen molar-refractivity contribution < 1.29 is 4.79 Å². The topological polar surface area (TPSA) is 20.3 Å². The lowest BCUT2D eigenvalue weighted by Gasteiger charge is -2.40. The molecule has 0 N–H and O–H groups in total. The Morgan fingerprint density at radius 3 is 2.89 bits per heavy atom. The van der Waals surface area contributed by atoms with E-state index in [1.165, 1.54) is 0 Å². The van der Waals surface area contributed by atoms with E-state index in [9.17, 15) is 4.79 Å². The van der Waals surface area contributed by atoms with Crippen LogP contribution in [0.15, 0.2) is 24.3 Å². The molecule has 2 nitrogen and oxygen atoms in total. The van der Waals surface area contributed by atoms with Crippen LogP contribution in [0, 0.1) is 0 Å². The van der Waals surface area contributed by atoms with Crippen molar-refractivity contribution in [2.45, 2.75) is 38.1 Å². The molecule has 1 aliphatic heterocycles. The van der Waals surface area contributed by atoms with Crippen LogP contribution in [0.4, 0.5) is 0 Å². The summed E-state index contributed by atoms with van der Waals surface area (Å²) in [5, 5.41) is 1.19. The van der Waals surface area contributed by atoms with Gasteiger partial charge in [0.2, 0.25) is 0 Å². The number of carbonyl (C=O) groups is 1. The molecule has 2 rings (SSSR count). The number of nitrogens with zero attached hydrogens (tertiary/aromatic N) is 1. The summed E-state index contributed by atoms with van der Waals surface area (Å²) in [4.78, 5) is 14.9. The maximum absolute atomic E-state index is 12.5. The zero-order valence-electron chi connectivity index (χ0n) is 11.6. The highest BCUT2D eigenvalue weighted by Crippen LogP contribution is 2.27. The van der Waals surface area contributed by atoms with E-state index in [0.29, 0.717) is 21.9 Å². The van der Waals surface area contributed by atoms with Crippen molar-refractivity contribution in [2.24, 2.45) is 0 Å². The van der Waals surface area contributed by atoms with Crippen LogP contribution in [0.3, 0.4) is 0 Å². The van der Waals surface area contributed by atoms with Gasteiger partial charge in [-0.05, 0) is 26.0 Å². The van der Waals surface area contributed by atoms with Crippen LogP contribution in [0.2, 0.25) is 5.02 Å². The molecule has 0 radical (unpaired) electrons. The molecule has 104 valence electrons. The van der Waals surface area contributed by atoms with E-state index in [1.807, 2.05) is 30.8 Å². The van der Waals surface area contributed by atoms with E-state index in [1.54, 1.807) is 12.1 Å². The Kier molecular flexibility index (Phi) is 4.93. The minimum Gasteiger partial charge on any atom is -0.292 e. The van der Waals surface area contributed by atoms with Gasteiger partial charge in [-0.3, -0.25) is 9.69 Å². The third kappa shape index (κ3) is 3.33. The fraction of sp³-hybridized carbons (Fsp3) is 0.533. The van der Waals surface area contributed by atoms with Crippen LogP contribution < -0.4 is 0 Å². The second-order valence-corrected chi connectivity index (χ2v) is 7.03. The molecule has 1 aromatic carbocycles. The number of halogens is 1. The summed E-state index contributed by atoms with van der Waals surface area (Å²) in [6.07, 6.45) is 0. The Balaban J connectivity index is 2.14. The van der Waals surface area contributed by atoms with Crippen molar-refractivity contribution in [1.82, 2.24) is 4.90 Å². The molecule has 4 heteroatoms. The third-order valence-electron chi connectivity index (χ3n) is 3.92. The Morgan fingerprint density at radius 2 is 2.21 bits per heavy atom. The molecule has 1 fully saturated rings. The summed E-state index contributed by atoms with van der Waals surface area (Å²) in [6.45, 7) is 7.42. The molecule has 0 aromatic heterocycles. The molecule has 1 heterocycles. The number of ketones is 1. The molecule has 0 bridgehead atoms. The summed E-state index contributed by atoms with van der Waals surface area (Å²) in [5.74, 6) is 1.26. The minimum absolute atomic E-state index is 0.0863. The van der Waals surface area contributed by atoms with Crippen molar-refractivity contribution in [1.29, 1.82) is 0 Å². The summed E-state index contributed by atoms with van der Waals surface area (Å²) < 4.78 is 0. The van der Waals surface area contributed by atoms with Crippen molar-refractivity contribution in [2.75, 3.05) is 12.3 Å². The molecule has 3 unspecified atom stereocenters. The first-order valence-corrected chi connectivity index (χ1v) is 8.10. The van der Waals surface area contributed by atoms with E-state index in [0.717, 1.165) is 12.3 Å². The zero-order valence-corrected chi connectivity index (χ0v) is 13.2. The van der Waals surface area contributed by atoms with Gasteiger partial charge in [-0.25, -0.2) is 0 Å². The standard InChI is InChI=1S/C15H20ClNOS/c1-10-12(3)19-8-7-17(10)11(2)15(18)13-5-4-6-14(16)9-13/h4-6,9-12H,7-8H2,1-3H3. The van der Waals surface area contributed by atoms with Crippen LogP contribution in [0.25, 0.3) is 0 Å². The first-order valence-electron chi connectivity index (χ1n) is 6.68. The summed E-state index contributed by atoms with van der Waals surface area (Å²) in [5.41, 5.74) is 0.707. The van der Waals surface area contributed by atoms with Crippen LogP contribution in [0.1, 0.15) is 31.1 Å². The number of hydrogen-bond donors (Lipinski definition) is 0. The highest BCUT2D eigenvalue weighted by Gasteiger charge is 2.32. The van der Waals surface area contributed by atoms with E-state index in [2.05, 4.69) is 18.7 Å². The van der Waals surface area contributed by atoms with Crippen molar-refractivity contribution in [3.63, 3.8) is 0 Å². The fourth-order valence-electron chi connectivity index (χ4n) is 2.54. The molecule has 3 atom stereocenters. The molecule has 0 saturated carbocycles. The molecule has 0 amide bonds. The van der Waals surface area contributed by atoms with Crippen LogP contribution in [-0.4, -0.2) is 40.3 Å². The molecule has 19 heavy (non-hydrogen) atoms. The number of benzene rings is 1. The van der Waals surface area contributed by atoms with Crippen molar-refractivity contribution >= 4 is 29.1 Å². The van der Waals surface area contributed by atoms with Crippen molar-refractivity contribution in [3.05, 3.63) is 34.9 Å². The van der Waals surface area contributed by atoms with Gasteiger partial charge >= 0.3 is 0 Å². The second-order valence-electron chi connectivity index (χ2n) is 5.10. The Hall–Kier alpha value is -0.510. The monoisotopic (exact) mass is 297 g/mol. The molecular weight excluding hydrogens is 278 g/mol. The average Bonchev–Trinajstić information content (AvgIpc) is 2.40. The highest BCUT2D eigenvalue weighted by atomic mass is 35.5. The largest absolute Gasteiger partial charge is 0.292 e. The Morgan fingerprint density at radius 1 is 1.47 bits per heavy atom. The van der Waals surface area contributed by atoms with E-state index >= 15 is 0 Å². The molecule has 0 spiro atoms. The van der Waals surface area contributed by atoms with E-state index in [4.69, 9.17) is 11.6 Å². The Labute approximate surface area is 124 Å². The molecule has 0 aliphatic carbocycles. The van der Waals surface area contributed by atoms with Gasteiger partial charge in [0.15, 0.2) is 5.78 Å². The van der Waals surface area contributed by atoms with E-state index < -0.39 is 0 Å². The van der Waals surface area contributed by atoms with Crippen LogP contribution in [0.5, 0.6) is 0 Å². The van der Waals surface area contributed by atoms with Gasteiger partial charge in [-0.1, -0.05) is 30.7 Å². The lowest BCUT2D eigenvalue weighted by atomic mass is 10.0. The predicted octanol–water partition coefficient (Wildman–Crippen LogP) is 3.74. The van der Waals surface area contributed by atoms with Gasteiger partial charge in [0, 0.05) is 34.2 Å². The maximum atomic E-state index is 12.5. The second kappa shape index (κ2) is 6.29. The smallest absolute Gasteiger partial charge is 0.179 e. The van der Waals surface area contributed by atoms with Crippen LogP contribution in [-0.2, 0) is 0 Å². The number of rotatable bonds is 3. The number of thioether (sulfide) groups is 1. The van der Waals surface area contributed by atoms with Crippen molar-refractivity contribution in [3.8, 4) is 0 Å². The number of carbonyl (C=O) groups excluding carboxylic acids is 1. The van der Waals surface area contributed by atoms with Gasteiger partial charge in [-0.2, -0.15) is 11.8 Å². The summed E-state index contributed by atoms with van der Waals surface area (Å²) in [7, 11) is 0. The van der Waals surface area contributed by atoms with Gasteiger partial charge in [0.05, 0.1) is 6.04 Å². The van der Waals surface area contributed by atoms with E-state index in [-0.39, 0.29) is 11.8 Å². The average molecular weight is 298 g/mol.